The van der Waals surface area contributed by atoms with E-state index in [2.05, 4.69) is 4.98 Å². The average Bonchev–Trinajstić information content (AvgIpc) is 2.82. The van der Waals surface area contributed by atoms with Crippen molar-refractivity contribution < 1.29 is 18.8 Å². The Hall–Kier alpha value is -2.05. The van der Waals surface area contributed by atoms with E-state index in [-0.39, 0.29) is 11.2 Å². The van der Waals surface area contributed by atoms with Gasteiger partial charge in [0.2, 0.25) is 0 Å². The molecule has 1 aliphatic heterocycles. The van der Waals surface area contributed by atoms with Crippen molar-refractivity contribution in [3.63, 3.8) is 0 Å². The van der Waals surface area contributed by atoms with Gasteiger partial charge in [0.1, 0.15) is 0 Å². The minimum absolute atomic E-state index is 0.378. The summed E-state index contributed by atoms with van der Waals surface area (Å²) in [5.41, 5.74) is 2.09. The number of hydrogen-bond acceptors (Lipinski definition) is 5. The van der Waals surface area contributed by atoms with Gasteiger partial charge in [0.15, 0.2) is 11.5 Å². The van der Waals surface area contributed by atoms with Gasteiger partial charge in [-0.3, -0.25) is 4.98 Å². The molecule has 1 aromatic carbocycles. The van der Waals surface area contributed by atoms with Crippen LogP contribution in [-0.4, -0.2) is 37.5 Å². The Morgan fingerprint density at radius 2 is 1.48 bits per heavy atom. The maximum atomic E-state index is 6.12. The Bertz CT molecular complexity index is 760. The van der Waals surface area contributed by atoms with Gasteiger partial charge >= 0.3 is 7.12 Å². The van der Waals surface area contributed by atoms with Crippen molar-refractivity contribution in [2.24, 2.45) is 0 Å². The van der Waals surface area contributed by atoms with Gasteiger partial charge < -0.3 is 18.8 Å². The summed E-state index contributed by atoms with van der Waals surface area (Å²) in [6.45, 7) is 8.16. The molecule has 0 saturated carbocycles. The lowest BCUT2D eigenvalue weighted by molar-refractivity contribution is 0.00578. The first kappa shape index (κ1) is 17.8. The van der Waals surface area contributed by atoms with E-state index >= 15 is 0 Å². The molecule has 1 aromatic heterocycles. The van der Waals surface area contributed by atoms with Crippen molar-refractivity contribution in [3.8, 4) is 22.6 Å². The fourth-order valence-corrected chi connectivity index (χ4v) is 2.74. The van der Waals surface area contributed by atoms with Crippen molar-refractivity contribution >= 4 is 12.6 Å². The van der Waals surface area contributed by atoms with Crippen molar-refractivity contribution in [1.29, 1.82) is 0 Å². The van der Waals surface area contributed by atoms with E-state index in [0.29, 0.717) is 11.5 Å². The molecule has 0 radical (unpaired) electrons. The van der Waals surface area contributed by atoms with Crippen molar-refractivity contribution in [3.05, 3.63) is 36.7 Å². The molecule has 132 valence electrons. The average molecular weight is 341 g/mol. The van der Waals surface area contributed by atoms with Gasteiger partial charge in [-0.1, -0.05) is 12.1 Å². The van der Waals surface area contributed by atoms with E-state index in [9.17, 15) is 0 Å². The number of ether oxygens (including phenoxy) is 2. The molecule has 0 amide bonds. The molecule has 0 aliphatic carbocycles. The minimum atomic E-state index is -0.433. The fourth-order valence-electron chi connectivity index (χ4n) is 2.74. The lowest BCUT2D eigenvalue weighted by Gasteiger charge is -2.32. The highest BCUT2D eigenvalue weighted by atomic mass is 16.7. The Labute approximate surface area is 149 Å². The molecule has 1 saturated heterocycles. The Balaban J connectivity index is 1.93. The summed E-state index contributed by atoms with van der Waals surface area (Å²) in [6, 6.07) is 7.84. The topological polar surface area (TPSA) is 49.8 Å². The normalized spacial score (nSPS) is 18.2. The maximum absolute atomic E-state index is 6.12. The van der Waals surface area contributed by atoms with Gasteiger partial charge in [-0.25, -0.2) is 0 Å². The predicted octanol–water partition coefficient (Wildman–Crippen LogP) is 3.07. The molecule has 2 aromatic rings. The first-order chi connectivity index (χ1) is 11.8. The maximum Gasteiger partial charge on any atom is 0.496 e. The molecule has 1 fully saturated rings. The van der Waals surface area contributed by atoms with Crippen LogP contribution in [0.3, 0.4) is 0 Å². The summed E-state index contributed by atoms with van der Waals surface area (Å²) >= 11 is 0. The van der Waals surface area contributed by atoms with Gasteiger partial charge in [0.05, 0.1) is 25.4 Å². The Kier molecular flexibility index (Phi) is 4.52. The summed E-state index contributed by atoms with van der Waals surface area (Å²) in [5.74, 6) is 1.38. The first-order valence-corrected chi connectivity index (χ1v) is 8.30. The number of nitrogens with zero attached hydrogens (tertiary/aromatic N) is 1. The molecule has 0 atom stereocenters. The summed E-state index contributed by atoms with van der Waals surface area (Å²) in [4.78, 5) is 4.37. The predicted molar refractivity (Wildman–Crippen MR) is 98.5 cm³/mol. The number of benzene rings is 1. The quantitative estimate of drug-likeness (QED) is 0.800. The van der Waals surface area contributed by atoms with E-state index in [1.54, 1.807) is 20.4 Å². The summed E-state index contributed by atoms with van der Waals surface area (Å²) in [7, 11) is 2.82. The molecule has 0 spiro atoms. The number of hydrogen-bond donors (Lipinski definition) is 0. The lowest BCUT2D eigenvalue weighted by Crippen LogP contribution is -2.41. The van der Waals surface area contributed by atoms with Crippen LogP contribution in [0.15, 0.2) is 36.7 Å². The largest absolute Gasteiger partial charge is 0.496 e. The second kappa shape index (κ2) is 6.35. The van der Waals surface area contributed by atoms with E-state index in [0.717, 1.165) is 16.6 Å². The zero-order valence-corrected chi connectivity index (χ0v) is 15.6. The highest BCUT2D eigenvalue weighted by Gasteiger charge is 2.51. The standard InChI is InChI=1S/C19H24BNO4/c1-18(2)19(3,4)25-20(24-18)15-9-14(11-21-12-15)13-7-8-16(22-5)17(10-13)23-6/h7-12H,1-6H3. The molecule has 1 aliphatic rings. The molecule has 6 heteroatoms. The van der Waals surface area contributed by atoms with E-state index in [4.69, 9.17) is 18.8 Å². The van der Waals surface area contributed by atoms with Crippen LogP contribution in [0.4, 0.5) is 0 Å². The second-order valence-corrected chi connectivity index (χ2v) is 7.16. The van der Waals surface area contributed by atoms with Gasteiger partial charge in [-0.15, -0.1) is 0 Å². The fraction of sp³-hybridized carbons (Fsp3) is 0.421. The smallest absolute Gasteiger partial charge is 0.493 e. The molecular weight excluding hydrogens is 317 g/mol. The van der Waals surface area contributed by atoms with Crippen molar-refractivity contribution in [1.82, 2.24) is 4.98 Å². The van der Waals surface area contributed by atoms with Gasteiger partial charge in [0, 0.05) is 17.9 Å². The Morgan fingerprint density at radius 3 is 2.08 bits per heavy atom. The monoisotopic (exact) mass is 341 g/mol. The van der Waals surface area contributed by atoms with E-state index < -0.39 is 7.12 Å². The van der Waals surface area contributed by atoms with Crippen LogP contribution in [0.1, 0.15) is 27.7 Å². The molecule has 3 rings (SSSR count). The van der Waals surface area contributed by atoms with Gasteiger partial charge in [0.25, 0.3) is 0 Å². The van der Waals surface area contributed by atoms with Crippen LogP contribution < -0.4 is 14.9 Å². The van der Waals surface area contributed by atoms with Crippen molar-refractivity contribution in [2.75, 3.05) is 14.2 Å². The molecule has 25 heavy (non-hydrogen) atoms. The number of pyridine rings is 1. The third-order valence-corrected chi connectivity index (χ3v) is 5.00. The van der Waals surface area contributed by atoms with E-state index in [1.807, 2.05) is 58.2 Å². The minimum Gasteiger partial charge on any atom is -0.493 e. The van der Waals surface area contributed by atoms with Gasteiger partial charge in [-0.2, -0.15) is 0 Å². The SMILES string of the molecule is COc1ccc(-c2cncc(B3OC(C)(C)C(C)(C)O3)c2)cc1OC. The van der Waals surface area contributed by atoms with Crippen LogP contribution in [0.5, 0.6) is 11.5 Å². The van der Waals surface area contributed by atoms with Crippen LogP contribution in [-0.2, 0) is 9.31 Å². The molecule has 0 N–H and O–H groups in total. The van der Waals surface area contributed by atoms with Crippen LogP contribution in [0.2, 0.25) is 0 Å². The van der Waals surface area contributed by atoms with Crippen LogP contribution >= 0.6 is 0 Å². The number of methoxy groups -OCH3 is 2. The number of aromatic nitrogens is 1. The zero-order valence-electron chi connectivity index (χ0n) is 15.6. The molecule has 0 bridgehead atoms. The van der Waals surface area contributed by atoms with Crippen molar-refractivity contribution in [2.45, 2.75) is 38.9 Å². The lowest BCUT2D eigenvalue weighted by atomic mass is 9.79. The summed E-state index contributed by atoms with van der Waals surface area (Å²) in [6.07, 6.45) is 3.60. The molecule has 0 unspecified atom stereocenters. The van der Waals surface area contributed by atoms with Gasteiger partial charge in [-0.05, 0) is 51.0 Å². The zero-order chi connectivity index (χ0) is 18.2. The third-order valence-electron chi connectivity index (χ3n) is 5.00. The molecular formula is C19H24BNO4. The summed E-state index contributed by atoms with van der Waals surface area (Å²) < 4.78 is 22.9. The molecule has 2 heterocycles. The van der Waals surface area contributed by atoms with E-state index in [1.165, 1.54) is 0 Å². The highest BCUT2D eigenvalue weighted by Crippen LogP contribution is 2.37. The molecule has 5 nitrogen and oxygen atoms in total. The third kappa shape index (κ3) is 3.24. The number of rotatable bonds is 4. The highest BCUT2D eigenvalue weighted by molar-refractivity contribution is 6.62. The first-order valence-electron chi connectivity index (χ1n) is 8.30. The second-order valence-electron chi connectivity index (χ2n) is 7.16. The summed E-state index contributed by atoms with van der Waals surface area (Å²) in [5, 5.41) is 0. The van der Waals surface area contributed by atoms with Crippen LogP contribution in [0.25, 0.3) is 11.1 Å². The Morgan fingerprint density at radius 1 is 0.840 bits per heavy atom. The van der Waals surface area contributed by atoms with Crippen LogP contribution in [0, 0.1) is 0 Å².